The van der Waals surface area contributed by atoms with Gasteiger partial charge in [-0.15, -0.1) is 0 Å². The van der Waals surface area contributed by atoms with Gasteiger partial charge in [0.25, 0.3) is 0 Å². The second-order valence-electron chi connectivity index (χ2n) is 11.2. The number of aryl methyl sites for hydroxylation is 2. The van der Waals surface area contributed by atoms with Crippen LogP contribution in [0.25, 0.3) is 11.1 Å². The molecule has 0 aromatic heterocycles. The highest BCUT2D eigenvalue weighted by atomic mass is 127. The van der Waals surface area contributed by atoms with Crippen molar-refractivity contribution in [3.8, 4) is 22.6 Å². The summed E-state index contributed by atoms with van der Waals surface area (Å²) in [6.45, 7) is 11.8. The molecule has 0 atom stereocenters. The summed E-state index contributed by atoms with van der Waals surface area (Å²) in [7, 11) is 2.14. The second-order valence-corrected chi connectivity index (χ2v) is 14.1. The molecule has 0 spiro atoms. The smallest absolute Gasteiger partial charge is 0.494 e. The van der Waals surface area contributed by atoms with E-state index in [1.54, 1.807) is 24.3 Å². The van der Waals surface area contributed by atoms with E-state index in [-0.39, 0.29) is 17.3 Å². The predicted octanol–water partition coefficient (Wildman–Crippen LogP) is 10.1. The van der Waals surface area contributed by atoms with Gasteiger partial charge < -0.3 is 18.8 Å². The summed E-state index contributed by atoms with van der Waals surface area (Å²) in [5.41, 5.74) is 3.12. The molecule has 0 saturated carbocycles. The van der Waals surface area contributed by atoms with Crippen LogP contribution in [0.1, 0.15) is 38.8 Å². The van der Waals surface area contributed by atoms with Gasteiger partial charge in [-0.1, -0.05) is 79.4 Å². The monoisotopic (exact) mass is 842 g/mol. The molecule has 44 heavy (non-hydrogen) atoms. The molecule has 1 aliphatic heterocycles. The first-order valence-corrected chi connectivity index (χ1v) is 16.5. The lowest BCUT2D eigenvalue weighted by atomic mass is 9.78. The van der Waals surface area contributed by atoms with E-state index < -0.39 is 24.1 Å². The van der Waals surface area contributed by atoms with Gasteiger partial charge in [0, 0.05) is 23.5 Å². The lowest BCUT2D eigenvalue weighted by Crippen LogP contribution is -2.41. The molecule has 0 radical (unpaired) electrons. The molecule has 234 valence electrons. The van der Waals surface area contributed by atoms with E-state index in [4.69, 9.17) is 18.8 Å². The van der Waals surface area contributed by atoms with Crippen LogP contribution in [-0.2, 0) is 9.31 Å². The number of methoxy groups -OCH3 is 2. The zero-order chi connectivity index (χ0) is 32.8. The standard InChI is InChI=1S/C14H12BrFO.C13H17BBrFO3.C7H7I/c1-9-4-3-5-10(8-9)13-11(15)6-7-12(17-2)14(13)16;1-12(2)13(3,4)19-14(18-12)10-8(15)6-7-9(17-5)11(10)16;1-6-3-2-4-7(8)5-6/h3-8H,1-2H3;6-7H,1-5H3;2-5H,1H3. The maximum atomic E-state index is 14.4. The zero-order valence-corrected chi connectivity index (χ0v) is 31.4. The lowest BCUT2D eigenvalue weighted by Gasteiger charge is -2.32. The topological polar surface area (TPSA) is 36.9 Å². The Labute approximate surface area is 290 Å². The Morgan fingerprint density at radius 1 is 0.705 bits per heavy atom. The zero-order valence-electron chi connectivity index (χ0n) is 26.0. The molecule has 0 bridgehead atoms. The van der Waals surface area contributed by atoms with Gasteiger partial charge in [0.05, 0.1) is 25.4 Å². The quantitative estimate of drug-likeness (QED) is 0.152. The van der Waals surface area contributed by atoms with Crippen LogP contribution >= 0.6 is 54.5 Å². The number of benzene rings is 4. The van der Waals surface area contributed by atoms with Crippen molar-refractivity contribution < 1.29 is 27.6 Å². The molecule has 0 amide bonds. The first-order valence-electron chi connectivity index (χ1n) is 13.8. The van der Waals surface area contributed by atoms with Crippen LogP contribution in [0, 0.1) is 29.1 Å². The van der Waals surface area contributed by atoms with Gasteiger partial charge >= 0.3 is 7.12 Å². The summed E-state index contributed by atoms with van der Waals surface area (Å²) < 4.78 is 52.9. The van der Waals surface area contributed by atoms with Crippen LogP contribution in [0.3, 0.4) is 0 Å². The summed E-state index contributed by atoms with van der Waals surface area (Å²) in [5, 5.41) is 0. The van der Waals surface area contributed by atoms with Crippen molar-refractivity contribution in [3.05, 3.63) is 108 Å². The maximum absolute atomic E-state index is 14.4. The molecule has 4 nitrogen and oxygen atoms in total. The summed E-state index contributed by atoms with van der Waals surface area (Å²) in [4.78, 5) is 0. The van der Waals surface area contributed by atoms with E-state index in [0.29, 0.717) is 15.5 Å². The second kappa shape index (κ2) is 15.5. The van der Waals surface area contributed by atoms with E-state index in [1.165, 1.54) is 23.4 Å². The Balaban J connectivity index is 0.000000194. The molecule has 0 unspecified atom stereocenters. The fourth-order valence-electron chi connectivity index (χ4n) is 4.25. The average Bonchev–Trinajstić information content (AvgIpc) is 3.15. The first-order chi connectivity index (χ1) is 20.6. The number of halogens is 5. The van der Waals surface area contributed by atoms with Crippen LogP contribution in [0.2, 0.25) is 0 Å². The van der Waals surface area contributed by atoms with Crippen LogP contribution < -0.4 is 14.9 Å². The summed E-state index contributed by atoms with van der Waals surface area (Å²) in [6, 6.07) is 22.8. The highest BCUT2D eigenvalue weighted by molar-refractivity contribution is 14.1. The Morgan fingerprint density at radius 3 is 1.68 bits per heavy atom. The Morgan fingerprint density at radius 2 is 1.20 bits per heavy atom. The van der Waals surface area contributed by atoms with Crippen LogP contribution in [-0.4, -0.2) is 32.5 Å². The number of ether oxygens (including phenoxy) is 2. The van der Waals surface area contributed by atoms with Crippen molar-refractivity contribution in [3.63, 3.8) is 0 Å². The molecule has 10 heteroatoms. The minimum Gasteiger partial charge on any atom is -0.494 e. The highest BCUT2D eigenvalue weighted by Crippen LogP contribution is 2.38. The van der Waals surface area contributed by atoms with Crippen molar-refractivity contribution in [1.82, 2.24) is 0 Å². The molecule has 0 aliphatic carbocycles. The molecule has 5 rings (SSSR count). The average molecular weight is 844 g/mol. The molecule has 1 heterocycles. The Kier molecular flexibility index (Phi) is 12.9. The van der Waals surface area contributed by atoms with Crippen LogP contribution in [0.4, 0.5) is 8.78 Å². The third-order valence-electron chi connectivity index (χ3n) is 7.36. The number of rotatable bonds is 4. The Bertz CT molecular complexity index is 1570. The van der Waals surface area contributed by atoms with Gasteiger partial charge in [0.1, 0.15) is 0 Å². The molecular weight excluding hydrogens is 808 g/mol. The molecule has 0 N–H and O–H groups in total. The van der Waals surface area contributed by atoms with E-state index in [2.05, 4.69) is 85.6 Å². The van der Waals surface area contributed by atoms with Crippen molar-refractivity contribution in [2.24, 2.45) is 0 Å². The lowest BCUT2D eigenvalue weighted by molar-refractivity contribution is 0.00578. The predicted molar refractivity (Wildman–Crippen MR) is 191 cm³/mol. The van der Waals surface area contributed by atoms with Gasteiger partial charge in [-0.05, 0) is 106 Å². The molecule has 4 aromatic carbocycles. The molecule has 1 fully saturated rings. The van der Waals surface area contributed by atoms with Crippen LogP contribution in [0.5, 0.6) is 11.5 Å². The third-order valence-corrected chi connectivity index (χ3v) is 9.39. The van der Waals surface area contributed by atoms with E-state index in [1.807, 2.05) is 58.9 Å². The maximum Gasteiger partial charge on any atom is 0.499 e. The summed E-state index contributed by atoms with van der Waals surface area (Å²) in [5.74, 6) is -0.375. The SMILES string of the molecule is COc1ccc(Br)c(-c2cccc(C)c2)c1F.COc1ccc(Br)c(B2OC(C)(C)C(C)(C)O2)c1F.Cc1cccc(I)c1. The fourth-order valence-corrected chi connectivity index (χ4v) is 5.97. The van der Waals surface area contributed by atoms with Crippen molar-refractivity contribution in [2.45, 2.75) is 52.7 Å². The summed E-state index contributed by atoms with van der Waals surface area (Å²) in [6.07, 6.45) is 0. The molecule has 1 aliphatic rings. The largest absolute Gasteiger partial charge is 0.499 e. The normalized spacial score (nSPS) is 14.6. The molecule has 4 aromatic rings. The fraction of sp³-hybridized carbons (Fsp3) is 0.294. The van der Waals surface area contributed by atoms with E-state index >= 15 is 0 Å². The minimum absolute atomic E-state index is 0.174. The van der Waals surface area contributed by atoms with Crippen molar-refractivity contribution in [2.75, 3.05) is 14.2 Å². The Hall–Kier alpha value is -1.99. The molecule has 1 saturated heterocycles. The first kappa shape index (κ1) is 36.5. The van der Waals surface area contributed by atoms with Crippen LogP contribution in [0.15, 0.2) is 81.7 Å². The molecular formula is C34H36BBr2F2IO4. The number of hydrogen-bond acceptors (Lipinski definition) is 4. The van der Waals surface area contributed by atoms with E-state index in [9.17, 15) is 8.78 Å². The van der Waals surface area contributed by atoms with Gasteiger partial charge in [-0.2, -0.15) is 0 Å². The van der Waals surface area contributed by atoms with Gasteiger partial charge in [-0.3, -0.25) is 0 Å². The van der Waals surface area contributed by atoms with Gasteiger partial charge in [0.2, 0.25) is 0 Å². The summed E-state index contributed by atoms with van der Waals surface area (Å²) >= 11 is 9.02. The van der Waals surface area contributed by atoms with E-state index in [0.717, 1.165) is 15.6 Å². The van der Waals surface area contributed by atoms with Crippen molar-refractivity contribution >= 4 is 67.0 Å². The third kappa shape index (κ3) is 8.84. The number of hydrogen-bond donors (Lipinski definition) is 0. The highest BCUT2D eigenvalue weighted by Gasteiger charge is 2.53. The van der Waals surface area contributed by atoms with Crippen molar-refractivity contribution in [1.29, 1.82) is 0 Å². The minimum atomic E-state index is -0.755. The van der Waals surface area contributed by atoms with Gasteiger partial charge in [0.15, 0.2) is 23.1 Å². The van der Waals surface area contributed by atoms with Gasteiger partial charge in [-0.25, -0.2) is 8.78 Å².